The molecule has 39 heavy (non-hydrogen) atoms. The number of hydrogen-bond acceptors (Lipinski definition) is 7. The molecular formula is C26H28F3N5O3S2. The number of fused-ring (bicyclic) bond motifs is 1. The Bertz CT molecular complexity index is 1470. The molecule has 0 aliphatic carbocycles. The number of benzene rings is 1. The fourth-order valence-electron chi connectivity index (χ4n) is 5.03. The van der Waals surface area contributed by atoms with Gasteiger partial charge in [-0.25, -0.2) is 18.4 Å². The Morgan fingerprint density at radius 1 is 1.18 bits per heavy atom. The second-order valence-corrected chi connectivity index (χ2v) is 12.7. The van der Waals surface area contributed by atoms with Gasteiger partial charge in [-0.1, -0.05) is 6.07 Å². The average Bonchev–Trinajstić information content (AvgIpc) is 3.44. The van der Waals surface area contributed by atoms with E-state index in [1.165, 1.54) is 4.31 Å². The number of aromatic nitrogens is 2. The van der Waals surface area contributed by atoms with Crippen LogP contribution in [0.4, 0.5) is 30.4 Å². The van der Waals surface area contributed by atoms with Crippen molar-refractivity contribution in [2.24, 2.45) is 0 Å². The molecule has 1 N–H and O–H groups in total. The van der Waals surface area contributed by atoms with Gasteiger partial charge in [0.25, 0.3) is 5.91 Å². The minimum absolute atomic E-state index is 0.00913. The molecule has 208 valence electrons. The summed E-state index contributed by atoms with van der Waals surface area (Å²) in [6.45, 7) is 3.05. The van der Waals surface area contributed by atoms with E-state index in [-0.39, 0.29) is 17.6 Å². The summed E-state index contributed by atoms with van der Waals surface area (Å²) in [5.41, 5.74) is 1.50. The van der Waals surface area contributed by atoms with Gasteiger partial charge in [-0.3, -0.25) is 9.10 Å². The number of halogens is 3. The molecule has 13 heteroatoms. The molecule has 4 heterocycles. The highest BCUT2D eigenvalue weighted by Gasteiger charge is 2.35. The van der Waals surface area contributed by atoms with E-state index in [0.29, 0.717) is 60.2 Å². The molecule has 2 aromatic heterocycles. The number of alkyl halides is 3. The normalized spacial score (nSPS) is 16.7. The van der Waals surface area contributed by atoms with Crippen LogP contribution in [0.3, 0.4) is 0 Å². The molecule has 5 rings (SSSR count). The van der Waals surface area contributed by atoms with E-state index in [0.717, 1.165) is 35.1 Å². The predicted octanol–water partition coefficient (Wildman–Crippen LogP) is 5.30. The Labute approximate surface area is 228 Å². The summed E-state index contributed by atoms with van der Waals surface area (Å²) >= 11 is 1.03. The molecule has 0 bridgehead atoms. The number of anilines is 3. The lowest BCUT2D eigenvalue weighted by Crippen LogP contribution is -2.36. The molecule has 0 radical (unpaired) electrons. The number of aryl methyl sites for hydroxylation is 1. The van der Waals surface area contributed by atoms with Gasteiger partial charge in [0.05, 0.1) is 22.0 Å². The van der Waals surface area contributed by atoms with Gasteiger partial charge in [-0.15, -0.1) is 11.3 Å². The maximum absolute atomic E-state index is 13.3. The molecule has 0 atom stereocenters. The van der Waals surface area contributed by atoms with Crippen molar-refractivity contribution in [2.45, 2.75) is 44.7 Å². The van der Waals surface area contributed by atoms with Crippen molar-refractivity contribution < 1.29 is 26.4 Å². The number of sulfonamides is 1. The van der Waals surface area contributed by atoms with Crippen molar-refractivity contribution in [3.8, 4) is 0 Å². The van der Waals surface area contributed by atoms with Crippen molar-refractivity contribution in [3.05, 3.63) is 63.7 Å². The van der Waals surface area contributed by atoms with Crippen molar-refractivity contribution in [2.75, 3.05) is 39.9 Å². The molecule has 0 saturated carbocycles. The number of nitrogens with one attached hydrogen (secondary N) is 1. The Morgan fingerprint density at radius 2 is 1.95 bits per heavy atom. The van der Waals surface area contributed by atoms with E-state index in [2.05, 4.69) is 15.3 Å². The van der Waals surface area contributed by atoms with Crippen LogP contribution in [0.1, 0.15) is 58.7 Å². The number of piperidine rings is 1. The van der Waals surface area contributed by atoms with Crippen LogP contribution < -0.4 is 14.5 Å². The molecule has 0 unspecified atom stereocenters. The monoisotopic (exact) mass is 579 g/mol. The summed E-state index contributed by atoms with van der Waals surface area (Å²) in [5.74, 6) is 0.0265. The maximum Gasteiger partial charge on any atom is 0.434 e. The number of rotatable bonds is 6. The largest absolute Gasteiger partial charge is 0.434 e. The number of nitrogens with zero attached hydrogens (tertiary/aromatic N) is 4. The molecule has 8 nitrogen and oxygen atoms in total. The Hall–Kier alpha value is -3.19. The highest BCUT2D eigenvalue weighted by atomic mass is 32.2. The van der Waals surface area contributed by atoms with Crippen molar-refractivity contribution in [1.82, 2.24) is 9.97 Å². The molecule has 0 spiro atoms. The number of carbonyl (C=O) groups excluding carboxylic acids is 1. The van der Waals surface area contributed by atoms with Gasteiger partial charge >= 0.3 is 6.18 Å². The first-order valence-corrected chi connectivity index (χ1v) is 15.2. The summed E-state index contributed by atoms with van der Waals surface area (Å²) in [4.78, 5) is 23.5. The first kappa shape index (κ1) is 27.4. The quantitative estimate of drug-likeness (QED) is 0.426. The van der Waals surface area contributed by atoms with Crippen LogP contribution in [-0.2, 0) is 22.6 Å². The van der Waals surface area contributed by atoms with Gasteiger partial charge in [0.15, 0.2) is 5.69 Å². The summed E-state index contributed by atoms with van der Waals surface area (Å²) in [5, 5.41) is 4.42. The number of pyridine rings is 1. The average molecular weight is 580 g/mol. The van der Waals surface area contributed by atoms with Gasteiger partial charge in [0.1, 0.15) is 5.82 Å². The van der Waals surface area contributed by atoms with Crippen LogP contribution in [0.15, 0.2) is 41.9 Å². The van der Waals surface area contributed by atoms with Crippen molar-refractivity contribution >= 4 is 44.5 Å². The Kier molecular flexibility index (Phi) is 7.55. The molecule has 2 aliphatic heterocycles. The van der Waals surface area contributed by atoms with Crippen LogP contribution in [0.25, 0.3) is 0 Å². The first-order valence-electron chi connectivity index (χ1n) is 12.7. The van der Waals surface area contributed by atoms with Crippen LogP contribution in [0.2, 0.25) is 0 Å². The molecule has 2 aliphatic rings. The standard InChI is InChI=1S/C26H28F3N5O3S2/c1-2-39(36,37)34-12-4-5-17-7-8-19(15-21(17)34)31-24(35)20-6-3-11-30-23(20)33-13-9-18(10-14-33)25-32-22(16-38-25)26(27,28)29/h3,6-8,11,15-16,18H,2,4-5,9-10,12-14H2,1H3,(H,31,35). The summed E-state index contributed by atoms with van der Waals surface area (Å²) in [7, 11) is -3.44. The van der Waals surface area contributed by atoms with Crippen molar-refractivity contribution in [3.63, 3.8) is 0 Å². The second kappa shape index (κ2) is 10.8. The summed E-state index contributed by atoms with van der Waals surface area (Å²) in [6, 6.07) is 8.65. The number of carbonyl (C=O) groups is 1. The second-order valence-electron chi connectivity index (χ2n) is 9.58. The Morgan fingerprint density at radius 3 is 2.64 bits per heavy atom. The van der Waals surface area contributed by atoms with Gasteiger partial charge in [-0.05, 0) is 62.4 Å². The van der Waals surface area contributed by atoms with Crippen LogP contribution in [0.5, 0.6) is 0 Å². The summed E-state index contributed by atoms with van der Waals surface area (Å²) < 4.78 is 65.5. The number of hydrogen-bond donors (Lipinski definition) is 1. The fourth-order valence-corrected chi connectivity index (χ4v) is 7.22. The van der Waals surface area contributed by atoms with Crippen LogP contribution >= 0.6 is 11.3 Å². The summed E-state index contributed by atoms with van der Waals surface area (Å²) in [6.07, 6.45) is -0.169. The molecule has 1 aromatic carbocycles. The van der Waals surface area contributed by atoms with E-state index in [4.69, 9.17) is 0 Å². The maximum atomic E-state index is 13.3. The lowest BCUT2D eigenvalue weighted by molar-refractivity contribution is -0.140. The highest BCUT2D eigenvalue weighted by molar-refractivity contribution is 7.92. The zero-order valence-corrected chi connectivity index (χ0v) is 22.9. The minimum atomic E-state index is -4.45. The topological polar surface area (TPSA) is 95.5 Å². The van der Waals surface area contributed by atoms with E-state index in [9.17, 15) is 26.4 Å². The molecule has 1 saturated heterocycles. The Balaban J connectivity index is 1.30. The third kappa shape index (κ3) is 5.74. The zero-order valence-electron chi connectivity index (χ0n) is 21.2. The fraction of sp³-hybridized carbons (Fsp3) is 0.423. The van der Waals surface area contributed by atoms with Gasteiger partial charge in [0.2, 0.25) is 10.0 Å². The van der Waals surface area contributed by atoms with E-state index >= 15 is 0 Å². The first-order chi connectivity index (χ1) is 18.6. The molecule has 1 fully saturated rings. The lowest BCUT2D eigenvalue weighted by Gasteiger charge is -2.33. The third-order valence-electron chi connectivity index (χ3n) is 7.11. The third-order valence-corrected chi connectivity index (χ3v) is 9.89. The van der Waals surface area contributed by atoms with E-state index in [1.807, 2.05) is 11.0 Å². The van der Waals surface area contributed by atoms with Crippen molar-refractivity contribution in [1.29, 1.82) is 0 Å². The molecular weight excluding hydrogens is 551 g/mol. The highest BCUT2D eigenvalue weighted by Crippen LogP contribution is 2.37. The van der Waals surface area contributed by atoms with Crippen LogP contribution in [-0.4, -0.2) is 49.7 Å². The SMILES string of the molecule is CCS(=O)(=O)N1CCCc2ccc(NC(=O)c3cccnc3N3CCC(c4nc(C(F)(F)F)cs4)CC3)cc21. The van der Waals surface area contributed by atoms with Gasteiger partial charge < -0.3 is 10.2 Å². The minimum Gasteiger partial charge on any atom is -0.356 e. The van der Waals surface area contributed by atoms with E-state index in [1.54, 1.807) is 37.4 Å². The van der Waals surface area contributed by atoms with E-state index < -0.39 is 21.9 Å². The van der Waals surface area contributed by atoms with Gasteiger partial charge in [-0.2, -0.15) is 13.2 Å². The van der Waals surface area contributed by atoms with Crippen LogP contribution in [0, 0.1) is 0 Å². The predicted molar refractivity (Wildman–Crippen MR) is 145 cm³/mol. The smallest absolute Gasteiger partial charge is 0.356 e. The number of thiazole rings is 1. The molecule has 1 amide bonds. The zero-order chi connectivity index (χ0) is 27.8. The van der Waals surface area contributed by atoms with Gasteiger partial charge in [0, 0.05) is 42.8 Å². The lowest BCUT2D eigenvalue weighted by atomic mass is 9.97. The number of amides is 1. The molecule has 3 aromatic rings.